The lowest BCUT2D eigenvalue weighted by Gasteiger charge is -2.35. The number of fused-ring (bicyclic) bond motifs is 1. The fourth-order valence-corrected chi connectivity index (χ4v) is 5.91. The number of hydrogen-bond acceptors (Lipinski definition) is 7. The molecule has 9 nitrogen and oxygen atoms in total. The zero-order valence-electron chi connectivity index (χ0n) is 22.3. The summed E-state index contributed by atoms with van der Waals surface area (Å²) in [5.74, 6) is 2.88. The Kier molecular flexibility index (Phi) is 5.74. The minimum absolute atomic E-state index is 0.0147. The van der Waals surface area contributed by atoms with Crippen molar-refractivity contribution < 1.29 is 8.91 Å². The Balaban J connectivity index is 1.63. The smallest absolute Gasteiger partial charge is 0.318 e. The van der Waals surface area contributed by atoms with E-state index in [0.717, 1.165) is 32.1 Å². The van der Waals surface area contributed by atoms with Gasteiger partial charge < -0.3 is 4.57 Å². The zero-order valence-corrected chi connectivity index (χ0v) is 23.0. The molecule has 2 aliphatic rings. The van der Waals surface area contributed by atoms with E-state index < -0.39 is 16.8 Å². The highest BCUT2D eigenvalue weighted by Gasteiger charge is 2.58. The maximum absolute atomic E-state index is 16.8. The summed E-state index contributed by atoms with van der Waals surface area (Å²) in [6.07, 6.45) is 13.6. The molecule has 0 saturated heterocycles. The lowest BCUT2D eigenvalue weighted by atomic mass is 9.78. The second kappa shape index (κ2) is 8.71. The van der Waals surface area contributed by atoms with Crippen LogP contribution in [0.3, 0.4) is 0 Å². The summed E-state index contributed by atoms with van der Waals surface area (Å²) in [6, 6.07) is 1.75. The Bertz CT molecular complexity index is 1680. The van der Waals surface area contributed by atoms with Crippen molar-refractivity contribution in [1.82, 2.24) is 34.6 Å². The minimum Gasteiger partial charge on any atom is -0.318 e. The first-order chi connectivity index (χ1) is 18.4. The van der Waals surface area contributed by atoms with E-state index in [1.54, 1.807) is 19.2 Å². The number of rotatable bonds is 4. The van der Waals surface area contributed by atoms with E-state index in [9.17, 15) is 4.79 Å². The SMILES string of the molecule is C#CC1CCC2(CC1)C[C@H]2n1c(C(C)(F)C(C)(C)C)nc2nc(-c3noc(=O)[nH]3)nc(-c3cncc(Cl)c3)c21. The Hall–Kier alpha value is -3.58. The molecule has 4 aromatic rings. The highest BCUT2D eigenvalue weighted by molar-refractivity contribution is 6.30. The molecular weight excluding hydrogens is 521 g/mol. The first kappa shape index (κ1) is 25.7. The van der Waals surface area contributed by atoms with Crippen LogP contribution in [0.15, 0.2) is 27.8 Å². The predicted molar refractivity (Wildman–Crippen MR) is 144 cm³/mol. The van der Waals surface area contributed by atoms with E-state index in [-0.39, 0.29) is 29.0 Å². The van der Waals surface area contributed by atoms with Gasteiger partial charge in [0, 0.05) is 35.3 Å². The second-order valence-electron chi connectivity index (χ2n) is 12.0. The number of H-pyrrole nitrogens is 1. The molecular formula is C28H29ClFN7O2. The van der Waals surface area contributed by atoms with E-state index >= 15 is 4.39 Å². The number of nitrogens with one attached hydrogen (secondary N) is 1. The maximum Gasteiger partial charge on any atom is 0.439 e. The van der Waals surface area contributed by atoms with E-state index in [4.69, 9.17) is 32.5 Å². The first-order valence-electron chi connectivity index (χ1n) is 13.1. The molecule has 4 aromatic heterocycles. The summed E-state index contributed by atoms with van der Waals surface area (Å²) in [7, 11) is 0. The molecule has 202 valence electrons. The van der Waals surface area contributed by atoms with Crippen LogP contribution in [0.2, 0.25) is 5.02 Å². The van der Waals surface area contributed by atoms with Crippen molar-refractivity contribution in [2.75, 3.05) is 0 Å². The average molecular weight is 550 g/mol. The summed E-state index contributed by atoms with van der Waals surface area (Å²) >= 11 is 6.32. The molecule has 2 atom stereocenters. The van der Waals surface area contributed by atoms with Crippen LogP contribution in [-0.4, -0.2) is 34.6 Å². The third kappa shape index (κ3) is 4.15. The summed E-state index contributed by atoms with van der Waals surface area (Å²) in [6.45, 7) is 7.14. The van der Waals surface area contributed by atoms with Gasteiger partial charge in [0.25, 0.3) is 0 Å². The van der Waals surface area contributed by atoms with Crippen LogP contribution in [0, 0.1) is 29.1 Å². The second-order valence-corrected chi connectivity index (χ2v) is 12.4. The summed E-state index contributed by atoms with van der Waals surface area (Å²) in [4.78, 5) is 32.7. The van der Waals surface area contributed by atoms with Crippen molar-refractivity contribution in [3.63, 3.8) is 0 Å². The zero-order chi connectivity index (χ0) is 27.7. The van der Waals surface area contributed by atoms with Gasteiger partial charge in [-0.3, -0.25) is 14.5 Å². The molecule has 0 aliphatic heterocycles. The Morgan fingerprint density at radius 2 is 1.95 bits per heavy atom. The predicted octanol–water partition coefficient (Wildman–Crippen LogP) is 5.87. The van der Waals surface area contributed by atoms with Crippen LogP contribution in [0.25, 0.3) is 34.1 Å². The standard InChI is InChI=1S/C28H29ClFN7O2/c1-6-15-7-9-28(10-8-15)12-18(28)37-20-19(16-11-17(29)14-31-13-16)32-22(23-35-25(38)39-36-23)33-21(20)34-24(37)27(5,30)26(2,3)4/h1,11,13-15,18H,7-10,12H2,2-5H3,(H,35,36,38)/t15?,18-,27?,28?/m1/s1. The largest absolute Gasteiger partial charge is 0.439 e. The topological polar surface area (TPSA) is 115 Å². The lowest BCUT2D eigenvalue weighted by Crippen LogP contribution is -2.36. The highest BCUT2D eigenvalue weighted by atomic mass is 35.5. The van der Waals surface area contributed by atoms with Crippen LogP contribution in [0.5, 0.6) is 0 Å². The van der Waals surface area contributed by atoms with Gasteiger partial charge in [0.1, 0.15) is 17.0 Å². The summed E-state index contributed by atoms with van der Waals surface area (Å²) in [5, 5.41) is 4.18. The summed E-state index contributed by atoms with van der Waals surface area (Å²) < 4.78 is 23.6. The van der Waals surface area contributed by atoms with Crippen molar-refractivity contribution in [2.24, 2.45) is 16.7 Å². The number of hydrogen-bond donors (Lipinski definition) is 1. The van der Waals surface area contributed by atoms with Gasteiger partial charge in [-0.15, -0.1) is 12.3 Å². The third-order valence-corrected chi connectivity index (χ3v) is 8.89. The molecule has 11 heteroatoms. The number of nitrogens with zero attached hydrogens (tertiary/aromatic N) is 6. The van der Waals surface area contributed by atoms with E-state index in [2.05, 4.69) is 26.0 Å². The van der Waals surface area contributed by atoms with Crippen molar-refractivity contribution in [3.8, 4) is 35.2 Å². The quantitative estimate of drug-likeness (QED) is 0.316. The molecule has 0 amide bonds. The maximum atomic E-state index is 16.8. The van der Waals surface area contributed by atoms with Crippen molar-refractivity contribution in [1.29, 1.82) is 0 Å². The minimum atomic E-state index is -1.81. The van der Waals surface area contributed by atoms with E-state index in [1.165, 1.54) is 6.20 Å². The number of halogens is 2. The molecule has 2 fully saturated rings. The Morgan fingerprint density at radius 3 is 2.56 bits per heavy atom. The number of aromatic amines is 1. The van der Waals surface area contributed by atoms with Gasteiger partial charge in [0.2, 0.25) is 11.6 Å². The van der Waals surface area contributed by atoms with Gasteiger partial charge in [0.15, 0.2) is 11.3 Å². The number of terminal acetylenes is 1. The molecule has 2 saturated carbocycles. The molecule has 2 aliphatic carbocycles. The molecule has 1 N–H and O–H groups in total. The first-order valence-corrected chi connectivity index (χ1v) is 13.4. The summed E-state index contributed by atoms with van der Waals surface area (Å²) in [5.41, 5.74) is -0.586. The van der Waals surface area contributed by atoms with Gasteiger partial charge in [0.05, 0.1) is 5.02 Å². The Morgan fingerprint density at radius 1 is 1.21 bits per heavy atom. The van der Waals surface area contributed by atoms with Gasteiger partial charge in [-0.1, -0.05) is 37.5 Å². The van der Waals surface area contributed by atoms with E-state index in [1.807, 2.05) is 25.3 Å². The molecule has 4 heterocycles. The number of alkyl halides is 1. The van der Waals surface area contributed by atoms with Gasteiger partial charge in [-0.25, -0.2) is 24.1 Å². The third-order valence-electron chi connectivity index (χ3n) is 8.68. The average Bonchev–Trinajstić information content (AvgIpc) is 3.21. The van der Waals surface area contributed by atoms with Crippen molar-refractivity contribution >= 4 is 22.8 Å². The Labute approximate surface area is 229 Å². The molecule has 1 spiro atoms. The number of aromatic nitrogens is 7. The molecule has 0 bridgehead atoms. The van der Waals surface area contributed by atoms with Gasteiger partial charge in [-0.05, 0) is 50.5 Å². The van der Waals surface area contributed by atoms with E-state index in [0.29, 0.717) is 33.3 Å². The fourth-order valence-electron chi connectivity index (χ4n) is 5.74. The van der Waals surface area contributed by atoms with Crippen LogP contribution >= 0.6 is 11.6 Å². The molecule has 0 aromatic carbocycles. The monoisotopic (exact) mass is 549 g/mol. The molecule has 39 heavy (non-hydrogen) atoms. The van der Waals surface area contributed by atoms with Gasteiger partial charge in [-0.2, -0.15) is 0 Å². The van der Waals surface area contributed by atoms with Crippen LogP contribution in [0.4, 0.5) is 4.39 Å². The van der Waals surface area contributed by atoms with Crippen LogP contribution < -0.4 is 5.76 Å². The van der Waals surface area contributed by atoms with Crippen molar-refractivity contribution in [2.45, 2.75) is 71.5 Å². The van der Waals surface area contributed by atoms with Crippen molar-refractivity contribution in [3.05, 3.63) is 39.9 Å². The fraction of sp³-hybridized carbons (Fsp3) is 0.500. The highest BCUT2D eigenvalue weighted by Crippen LogP contribution is 2.66. The lowest BCUT2D eigenvalue weighted by molar-refractivity contribution is 0.0320. The number of imidazole rings is 1. The molecule has 0 radical (unpaired) electrons. The molecule has 6 rings (SSSR count). The van der Waals surface area contributed by atoms with Gasteiger partial charge >= 0.3 is 5.76 Å². The molecule has 1 unspecified atom stereocenters. The van der Waals surface area contributed by atoms with Crippen LogP contribution in [-0.2, 0) is 5.67 Å². The normalized spacial score (nSPS) is 24.5. The number of pyridine rings is 1. The van der Waals surface area contributed by atoms with Crippen LogP contribution in [0.1, 0.15) is 71.7 Å².